The van der Waals surface area contributed by atoms with Crippen LogP contribution in [0.25, 0.3) is 0 Å². The summed E-state index contributed by atoms with van der Waals surface area (Å²) in [6, 6.07) is 11.5. The highest BCUT2D eigenvalue weighted by Crippen LogP contribution is 2.34. The van der Waals surface area contributed by atoms with E-state index in [4.69, 9.17) is 37.4 Å². The highest BCUT2D eigenvalue weighted by Gasteiger charge is 2.31. The Bertz CT molecular complexity index is 902. The van der Waals surface area contributed by atoms with Gasteiger partial charge < -0.3 is 19.1 Å². The van der Waals surface area contributed by atoms with Crippen molar-refractivity contribution in [2.24, 2.45) is 0 Å². The number of halogens is 2. The van der Waals surface area contributed by atoms with Gasteiger partial charge in [-0.3, -0.25) is 0 Å². The van der Waals surface area contributed by atoms with Gasteiger partial charge in [0.25, 0.3) is 0 Å². The van der Waals surface area contributed by atoms with Crippen molar-refractivity contribution in [1.29, 1.82) is 0 Å². The Labute approximate surface area is 200 Å². The van der Waals surface area contributed by atoms with E-state index in [0.717, 1.165) is 36.1 Å². The molecule has 1 atom stereocenters. The first-order valence-corrected chi connectivity index (χ1v) is 11.7. The lowest BCUT2D eigenvalue weighted by molar-refractivity contribution is 0.00951. The molecule has 2 aromatic rings. The number of amides is 1. The fraction of sp³-hybridized carbons (Fsp3) is 0.480. The number of aryl methyl sites for hydroxylation is 1. The molecule has 1 aliphatic heterocycles. The molecule has 0 bridgehead atoms. The van der Waals surface area contributed by atoms with Crippen LogP contribution >= 0.6 is 23.2 Å². The number of hydrogen-bond acceptors (Lipinski definition) is 4. The van der Waals surface area contributed by atoms with Gasteiger partial charge in [0.1, 0.15) is 24.6 Å². The van der Waals surface area contributed by atoms with Crippen molar-refractivity contribution < 1.29 is 19.0 Å². The summed E-state index contributed by atoms with van der Waals surface area (Å²) in [6.45, 7) is 8.97. The van der Waals surface area contributed by atoms with Crippen molar-refractivity contribution in [2.75, 3.05) is 19.8 Å². The van der Waals surface area contributed by atoms with Crippen LogP contribution in [0, 0.1) is 6.92 Å². The van der Waals surface area contributed by atoms with E-state index >= 15 is 0 Å². The third-order valence-electron chi connectivity index (χ3n) is 5.14. The number of carbonyl (C=O) groups is 1. The molecular weight excluding hydrogens is 449 g/mol. The van der Waals surface area contributed by atoms with Gasteiger partial charge in [-0.15, -0.1) is 0 Å². The van der Waals surface area contributed by atoms with E-state index in [-0.39, 0.29) is 12.1 Å². The third kappa shape index (κ3) is 6.69. The van der Waals surface area contributed by atoms with Gasteiger partial charge in [-0.05, 0) is 82.3 Å². The van der Waals surface area contributed by atoms with Gasteiger partial charge in [-0.25, -0.2) is 4.79 Å². The van der Waals surface area contributed by atoms with Crippen molar-refractivity contribution in [2.45, 2.75) is 58.6 Å². The normalized spacial score (nSPS) is 16.6. The number of carbonyl (C=O) groups excluding carboxylic acids is 1. The fourth-order valence-corrected chi connectivity index (χ4v) is 4.44. The predicted octanol–water partition coefficient (Wildman–Crippen LogP) is 7.22. The van der Waals surface area contributed by atoms with Crippen LogP contribution in [0.2, 0.25) is 10.0 Å². The van der Waals surface area contributed by atoms with Crippen LogP contribution < -0.4 is 9.47 Å². The van der Waals surface area contributed by atoms with E-state index in [1.165, 1.54) is 0 Å². The quantitative estimate of drug-likeness (QED) is 0.410. The first kappa shape index (κ1) is 24.5. The minimum atomic E-state index is -0.508. The smallest absolute Gasteiger partial charge is 0.410 e. The largest absolute Gasteiger partial charge is 0.490 e. The summed E-state index contributed by atoms with van der Waals surface area (Å²) in [7, 11) is 0. The second-order valence-corrected chi connectivity index (χ2v) is 9.82. The molecule has 1 saturated heterocycles. The first-order chi connectivity index (χ1) is 15.1. The minimum Gasteiger partial charge on any atom is -0.490 e. The predicted molar refractivity (Wildman–Crippen MR) is 128 cm³/mol. The zero-order chi connectivity index (χ0) is 23.3. The molecule has 7 heteroatoms. The number of benzene rings is 2. The van der Waals surface area contributed by atoms with Gasteiger partial charge in [-0.1, -0.05) is 35.3 Å². The molecule has 1 heterocycles. The number of hydrogen-bond donors (Lipinski definition) is 0. The Morgan fingerprint density at radius 3 is 2.28 bits per heavy atom. The van der Waals surface area contributed by atoms with Gasteiger partial charge in [0.15, 0.2) is 5.75 Å². The molecule has 1 unspecified atom stereocenters. The Morgan fingerprint density at radius 2 is 1.66 bits per heavy atom. The Kier molecular flexibility index (Phi) is 8.18. The standard InChI is InChI=1S/C25H31Cl2NO4/c1-17-15-20(26)23(21(27)16-17)31-14-13-30-19-10-8-18(9-11-19)22-7-5-6-12-28(22)24(29)32-25(2,3)4/h8-11,15-16,22H,5-7,12-14H2,1-4H3. The summed E-state index contributed by atoms with van der Waals surface area (Å²) in [6.07, 6.45) is 2.74. The van der Waals surface area contributed by atoms with Crippen LogP contribution in [0.3, 0.4) is 0 Å². The Hall–Kier alpha value is -2.11. The van der Waals surface area contributed by atoms with Crippen LogP contribution in [0.15, 0.2) is 36.4 Å². The number of nitrogens with zero attached hydrogens (tertiary/aromatic N) is 1. The van der Waals surface area contributed by atoms with Crippen molar-refractivity contribution in [1.82, 2.24) is 4.90 Å². The molecule has 174 valence electrons. The van der Waals surface area contributed by atoms with Crippen LogP contribution in [-0.4, -0.2) is 36.4 Å². The minimum absolute atomic E-state index is 0.0156. The molecule has 0 radical (unpaired) electrons. The molecule has 0 aliphatic carbocycles. The highest BCUT2D eigenvalue weighted by atomic mass is 35.5. The molecule has 3 rings (SSSR count). The molecule has 1 fully saturated rings. The van der Waals surface area contributed by atoms with Gasteiger partial charge in [0, 0.05) is 6.54 Å². The summed E-state index contributed by atoms with van der Waals surface area (Å²) in [5.41, 5.74) is 1.55. The van der Waals surface area contributed by atoms with E-state index in [0.29, 0.717) is 35.6 Å². The highest BCUT2D eigenvalue weighted by molar-refractivity contribution is 6.37. The molecule has 32 heavy (non-hydrogen) atoms. The van der Waals surface area contributed by atoms with E-state index in [1.807, 2.05) is 69.0 Å². The summed E-state index contributed by atoms with van der Waals surface area (Å²) in [5.74, 6) is 1.20. The summed E-state index contributed by atoms with van der Waals surface area (Å²) < 4.78 is 17.1. The average Bonchev–Trinajstić information content (AvgIpc) is 2.72. The molecule has 5 nitrogen and oxygen atoms in total. The average molecular weight is 480 g/mol. The molecule has 0 N–H and O–H groups in total. The number of rotatable bonds is 6. The second kappa shape index (κ2) is 10.7. The van der Waals surface area contributed by atoms with Gasteiger partial charge >= 0.3 is 6.09 Å². The van der Waals surface area contributed by atoms with E-state index < -0.39 is 5.60 Å². The third-order valence-corrected chi connectivity index (χ3v) is 5.70. The molecule has 1 amide bonds. The topological polar surface area (TPSA) is 48.0 Å². The van der Waals surface area contributed by atoms with Crippen molar-refractivity contribution in [3.05, 3.63) is 57.6 Å². The maximum Gasteiger partial charge on any atom is 0.410 e. The van der Waals surface area contributed by atoms with Gasteiger partial charge in [-0.2, -0.15) is 0 Å². The van der Waals surface area contributed by atoms with Crippen LogP contribution in [0.1, 0.15) is 57.2 Å². The van der Waals surface area contributed by atoms with Gasteiger partial charge in [0.05, 0.1) is 16.1 Å². The zero-order valence-corrected chi connectivity index (χ0v) is 20.6. The number of likely N-dealkylation sites (tertiary alicyclic amines) is 1. The zero-order valence-electron chi connectivity index (χ0n) is 19.1. The number of piperidine rings is 1. The summed E-state index contributed by atoms with van der Waals surface area (Å²) >= 11 is 12.4. The number of ether oxygens (including phenoxy) is 3. The molecule has 2 aromatic carbocycles. The van der Waals surface area contributed by atoms with E-state index in [1.54, 1.807) is 0 Å². The van der Waals surface area contributed by atoms with Crippen molar-refractivity contribution in [3.63, 3.8) is 0 Å². The van der Waals surface area contributed by atoms with Crippen LogP contribution in [0.5, 0.6) is 11.5 Å². The fourth-order valence-electron chi connectivity index (χ4n) is 3.73. The summed E-state index contributed by atoms with van der Waals surface area (Å²) in [4.78, 5) is 14.5. The van der Waals surface area contributed by atoms with Crippen molar-refractivity contribution >= 4 is 29.3 Å². The molecule has 0 aromatic heterocycles. The lowest BCUT2D eigenvalue weighted by atomic mass is 9.95. The van der Waals surface area contributed by atoms with Crippen molar-refractivity contribution in [3.8, 4) is 11.5 Å². The SMILES string of the molecule is Cc1cc(Cl)c(OCCOc2ccc(C3CCCCN3C(=O)OC(C)(C)C)cc2)c(Cl)c1. The maximum atomic E-state index is 12.7. The van der Waals surface area contributed by atoms with Gasteiger partial charge in [0.2, 0.25) is 0 Å². The summed E-state index contributed by atoms with van der Waals surface area (Å²) in [5, 5.41) is 0.975. The molecule has 0 saturated carbocycles. The van der Waals surface area contributed by atoms with Crippen LogP contribution in [0.4, 0.5) is 4.79 Å². The molecule has 0 spiro atoms. The lowest BCUT2D eigenvalue weighted by Crippen LogP contribution is -2.41. The molecular formula is C25H31Cl2NO4. The first-order valence-electron chi connectivity index (χ1n) is 10.9. The molecule has 1 aliphatic rings. The Morgan fingerprint density at radius 1 is 1.03 bits per heavy atom. The Balaban J connectivity index is 1.55. The monoisotopic (exact) mass is 479 g/mol. The van der Waals surface area contributed by atoms with Crippen LogP contribution in [-0.2, 0) is 4.74 Å². The maximum absolute atomic E-state index is 12.7. The second-order valence-electron chi connectivity index (χ2n) is 9.01. The lowest BCUT2D eigenvalue weighted by Gasteiger charge is -2.37. The van der Waals surface area contributed by atoms with E-state index in [9.17, 15) is 4.79 Å². The van der Waals surface area contributed by atoms with E-state index in [2.05, 4.69) is 0 Å².